The molecule has 1 saturated carbocycles. The number of aliphatic hydroxyl groups is 1. The summed E-state index contributed by atoms with van der Waals surface area (Å²) in [6, 6.07) is 7.52. The Labute approximate surface area is 151 Å². The fourth-order valence-electron chi connectivity index (χ4n) is 3.54. The lowest BCUT2D eigenvalue weighted by atomic mass is 9.74. The number of ether oxygens (including phenoxy) is 1. The van der Waals surface area contributed by atoms with Gasteiger partial charge in [-0.05, 0) is 48.1 Å². The SMILES string of the molecule is O=C(N[C@H](c1ccc2c(c1)CCO2)C1CC(O)C1)c1cncc(Cl)c1. The number of carbonyl (C=O) groups excluding carboxylic acids is 1. The standard InChI is InChI=1S/C19H19ClN2O3/c20-15-6-14(9-21-10-15)19(24)22-18(13-7-16(23)8-13)12-1-2-17-11(5-12)3-4-25-17/h1-2,5-6,9-10,13,16,18,23H,3-4,7-8H2,(H,22,24)/t13?,16?,18-/m1/s1. The minimum absolute atomic E-state index is 0.152. The van der Waals surface area contributed by atoms with E-state index in [-0.39, 0.29) is 24.0 Å². The summed E-state index contributed by atoms with van der Waals surface area (Å²) in [7, 11) is 0. The summed E-state index contributed by atoms with van der Waals surface area (Å²) in [5, 5.41) is 13.2. The normalized spacial score (nSPS) is 22.5. The number of carbonyl (C=O) groups is 1. The Morgan fingerprint density at radius 3 is 2.92 bits per heavy atom. The third-order valence-corrected chi connectivity index (χ3v) is 5.15. The van der Waals surface area contributed by atoms with Crippen LogP contribution in [0, 0.1) is 5.92 Å². The highest BCUT2D eigenvalue weighted by Gasteiger charge is 2.36. The highest BCUT2D eigenvalue weighted by molar-refractivity contribution is 6.30. The Morgan fingerprint density at radius 2 is 2.16 bits per heavy atom. The molecular weight excluding hydrogens is 340 g/mol. The third kappa shape index (κ3) is 3.34. The molecule has 1 aromatic heterocycles. The van der Waals surface area contributed by atoms with E-state index < -0.39 is 0 Å². The molecule has 2 heterocycles. The molecule has 0 saturated heterocycles. The van der Waals surface area contributed by atoms with E-state index in [2.05, 4.69) is 16.4 Å². The van der Waals surface area contributed by atoms with Crippen LogP contribution in [-0.4, -0.2) is 28.7 Å². The van der Waals surface area contributed by atoms with Crippen LogP contribution in [0.5, 0.6) is 5.75 Å². The number of amides is 1. The molecule has 2 aromatic rings. The molecule has 5 nitrogen and oxygen atoms in total. The van der Waals surface area contributed by atoms with Crippen LogP contribution in [0.1, 0.15) is 40.4 Å². The molecule has 0 bridgehead atoms. The van der Waals surface area contributed by atoms with E-state index in [1.54, 1.807) is 6.07 Å². The Hall–Kier alpha value is -2.11. The Balaban J connectivity index is 1.59. The topological polar surface area (TPSA) is 71.5 Å². The Kier molecular flexibility index (Phi) is 4.36. The predicted octanol–water partition coefficient (Wildman–Crippen LogP) is 2.91. The number of nitrogens with zero attached hydrogens (tertiary/aromatic N) is 1. The first-order valence-corrected chi connectivity index (χ1v) is 8.83. The Bertz CT molecular complexity index is 805. The fraction of sp³-hybridized carbons (Fsp3) is 0.368. The van der Waals surface area contributed by atoms with E-state index >= 15 is 0 Å². The van der Waals surface area contributed by atoms with Crippen LogP contribution in [0.15, 0.2) is 36.7 Å². The second-order valence-electron chi connectivity index (χ2n) is 6.69. The van der Waals surface area contributed by atoms with Gasteiger partial charge in [0.25, 0.3) is 5.91 Å². The molecule has 1 aromatic carbocycles. The van der Waals surface area contributed by atoms with Gasteiger partial charge in [-0.3, -0.25) is 9.78 Å². The molecule has 1 aliphatic carbocycles. The van der Waals surface area contributed by atoms with Crippen molar-refractivity contribution in [2.24, 2.45) is 5.92 Å². The van der Waals surface area contributed by atoms with Gasteiger partial charge in [-0.1, -0.05) is 17.7 Å². The van der Waals surface area contributed by atoms with E-state index in [0.29, 0.717) is 30.0 Å². The summed E-state index contributed by atoms with van der Waals surface area (Å²) in [4.78, 5) is 16.6. The average molecular weight is 359 g/mol. The van der Waals surface area contributed by atoms with Gasteiger partial charge in [0.05, 0.1) is 29.3 Å². The number of aromatic nitrogens is 1. The zero-order valence-electron chi connectivity index (χ0n) is 13.6. The number of hydrogen-bond acceptors (Lipinski definition) is 4. The number of fused-ring (bicyclic) bond motifs is 1. The minimum atomic E-state index is -0.282. The van der Waals surface area contributed by atoms with Crippen molar-refractivity contribution in [1.82, 2.24) is 10.3 Å². The summed E-state index contributed by atoms with van der Waals surface area (Å²) >= 11 is 5.94. The van der Waals surface area contributed by atoms with E-state index in [1.165, 1.54) is 18.0 Å². The van der Waals surface area contributed by atoms with Crippen molar-refractivity contribution in [2.75, 3.05) is 6.61 Å². The van der Waals surface area contributed by atoms with Gasteiger partial charge in [-0.25, -0.2) is 0 Å². The summed E-state index contributed by atoms with van der Waals surface area (Å²) in [5.41, 5.74) is 2.65. The average Bonchev–Trinajstić information content (AvgIpc) is 3.04. The smallest absolute Gasteiger partial charge is 0.253 e. The summed E-state index contributed by atoms with van der Waals surface area (Å²) in [5.74, 6) is 0.922. The zero-order chi connectivity index (χ0) is 17.4. The molecule has 1 fully saturated rings. The molecule has 1 amide bonds. The fourth-order valence-corrected chi connectivity index (χ4v) is 3.71. The molecular formula is C19H19ClN2O3. The van der Waals surface area contributed by atoms with Gasteiger partial charge < -0.3 is 15.2 Å². The summed E-state index contributed by atoms with van der Waals surface area (Å²) in [6.07, 6.45) is 4.98. The molecule has 130 valence electrons. The predicted molar refractivity (Wildman–Crippen MR) is 93.8 cm³/mol. The molecule has 0 spiro atoms. The van der Waals surface area contributed by atoms with Crippen LogP contribution < -0.4 is 10.1 Å². The number of halogens is 1. The molecule has 1 aliphatic heterocycles. The van der Waals surface area contributed by atoms with Crippen molar-refractivity contribution in [1.29, 1.82) is 0 Å². The first-order chi connectivity index (χ1) is 12.1. The second-order valence-corrected chi connectivity index (χ2v) is 7.13. The number of benzene rings is 1. The van der Waals surface area contributed by atoms with Crippen LogP contribution in [0.25, 0.3) is 0 Å². The largest absolute Gasteiger partial charge is 0.493 e. The van der Waals surface area contributed by atoms with Gasteiger partial charge in [0, 0.05) is 18.8 Å². The molecule has 6 heteroatoms. The maximum absolute atomic E-state index is 12.6. The van der Waals surface area contributed by atoms with Crippen molar-refractivity contribution in [2.45, 2.75) is 31.4 Å². The molecule has 2 N–H and O–H groups in total. The van der Waals surface area contributed by atoms with Gasteiger partial charge in [-0.15, -0.1) is 0 Å². The van der Waals surface area contributed by atoms with Crippen LogP contribution in [0.2, 0.25) is 5.02 Å². The van der Waals surface area contributed by atoms with Gasteiger partial charge in [0.15, 0.2) is 0 Å². The summed E-state index contributed by atoms with van der Waals surface area (Å²) in [6.45, 7) is 0.701. The number of hydrogen-bond donors (Lipinski definition) is 2. The Morgan fingerprint density at radius 1 is 1.32 bits per heavy atom. The van der Waals surface area contributed by atoms with Crippen LogP contribution in [0.4, 0.5) is 0 Å². The lowest BCUT2D eigenvalue weighted by Gasteiger charge is -2.38. The number of rotatable bonds is 4. The quantitative estimate of drug-likeness (QED) is 0.881. The van der Waals surface area contributed by atoms with Crippen molar-refractivity contribution < 1.29 is 14.6 Å². The maximum Gasteiger partial charge on any atom is 0.253 e. The molecule has 0 unspecified atom stereocenters. The number of aliphatic hydroxyl groups excluding tert-OH is 1. The lowest BCUT2D eigenvalue weighted by Crippen LogP contribution is -2.41. The van der Waals surface area contributed by atoms with Crippen molar-refractivity contribution >= 4 is 17.5 Å². The lowest BCUT2D eigenvalue weighted by molar-refractivity contribution is 0.0235. The van der Waals surface area contributed by atoms with Crippen LogP contribution >= 0.6 is 11.6 Å². The monoisotopic (exact) mass is 358 g/mol. The van der Waals surface area contributed by atoms with E-state index in [0.717, 1.165) is 17.7 Å². The van der Waals surface area contributed by atoms with Crippen molar-refractivity contribution in [3.05, 3.63) is 58.4 Å². The van der Waals surface area contributed by atoms with E-state index in [9.17, 15) is 9.90 Å². The first kappa shape index (κ1) is 16.4. The maximum atomic E-state index is 12.6. The number of nitrogens with one attached hydrogen (secondary N) is 1. The van der Waals surface area contributed by atoms with Gasteiger partial charge >= 0.3 is 0 Å². The first-order valence-electron chi connectivity index (χ1n) is 8.45. The highest BCUT2D eigenvalue weighted by Crippen LogP contribution is 2.40. The van der Waals surface area contributed by atoms with Crippen molar-refractivity contribution in [3.8, 4) is 5.75 Å². The summed E-state index contributed by atoms with van der Waals surface area (Å²) < 4.78 is 5.56. The molecule has 25 heavy (non-hydrogen) atoms. The van der Waals surface area contributed by atoms with Gasteiger partial charge in [0.2, 0.25) is 0 Å². The van der Waals surface area contributed by atoms with E-state index in [1.807, 2.05) is 12.1 Å². The minimum Gasteiger partial charge on any atom is -0.493 e. The molecule has 1 atom stereocenters. The highest BCUT2D eigenvalue weighted by atomic mass is 35.5. The van der Waals surface area contributed by atoms with Crippen LogP contribution in [-0.2, 0) is 6.42 Å². The third-order valence-electron chi connectivity index (χ3n) is 4.95. The molecule has 0 radical (unpaired) electrons. The van der Waals surface area contributed by atoms with Gasteiger partial charge in [0.1, 0.15) is 5.75 Å². The molecule has 4 rings (SSSR count). The molecule has 2 aliphatic rings. The zero-order valence-corrected chi connectivity index (χ0v) is 14.4. The van der Waals surface area contributed by atoms with E-state index in [4.69, 9.17) is 16.3 Å². The van der Waals surface area contributed by atoms with Gasteiger partial charge in [-0.2, -0.15) is 0 Å². The van der Waals surface area contributed by atoms with Crippen molar-refractivity contribution in [3.63, 3.8) is 0 Å². The number of pyridine rings is 1. The second kappa shape index (κ2) is 6.65. The van der Waals surface area contributed by atoms with Crippen LogP contribution in [0.3, 0.4) is 0 Å².